The van der Waals surface area contributed by atoms with Gasteiger partial charge in [-0.05, 0) is 55.4 Å². The predicted octanol–water partition coefficient (Wildman–Crippen LogP) is 3.64. The Kier molecular flexibility index (Phi) is 6.36. The molecule has 0 saturated carbocycles. The van der Waals surface area contributed by atoms with Crippen molar-refractivity contribution in [2.75, 3.05) is 32.7 Å². The number of rotatable bonds is 5. The lowest BCUT2D eigenvalue weighted by Gasteiger charge is -2.34. The molecule has 0 bridgehead atoms. The van der Waals surface area contributed by atoms with Crippen molar-refractivity contribution in [2.45, 2.75) is 25.8 Å². The van der Waals surface area contributed by atoms with Gasteiger partial charge in [0.25, 0.3) is 5.91 Å². The van der Waals surface area contributed by atoms with Crippen molar-refractivity contribution in [1.82, 2.24) is 25.2 Å². The zero-order valence-electron chi connectivity index (χ0n) is 19.7. The topological polar surface area (TPSA) is 73.7 Å². The van der Waals surface area contributed by atoms with Gasteiger partial charge >= 0.3 is 0 Å². The molecular weight excluding hydrogens is 424 g/mol. The first-order valence-electron chi connectivity index (χ1n) is 11.9. The zero-order chi connectivity index (χ0) is 23.5. The van der Waals surface area contributed by atoms with Gasteiger partial charge < -0.3 is 15.2 Å². The fourth-order valence-corrected chi connectivity index (χ4v) is 4.68. The highest BCUT2D eigenvalue weighted by atomic mass is 16.2. The van der Waals surface area contributed by atoms with E-state index in [-0.39, 0.29) is 17.9 Å². The third-order valence-electron chi connectivity index (χ3n) is 6.74. The third kappa shape index (κ3) is 4.56. The molecule has 1 saturated heterocycles. The average Bonchev–Trinajstić information content (AvgIpc) is 3.39. The molecule has 5 rings (SSSR count). The zero-order valence-corrected chi connectivity index (χ0v) is 19.7. The molecule has 2 unspecified atom stereocenters. The number of hydrazone groups is 1. The van der Waals surface area contributed by atoms with Crippen LogP contribution in [0.3, 0.4) is 0 Å². The molecule has 3 aromatic rings. The van der Waals surface area contributed by atoms with Gasteiger partial charge in [-0.25, -0.2) is 0 Å². The minimum absolute atomic E-state index is 0.00121. The molecule has 2 atom stereocenters. The summed E-state index contributed by atoms with van der Waals surface area (Å²) in [5.74, 6) is 0.160. The van der Waals surface area contributed by atoms with E-state index in [1.54, 1.807) is 0 Å². The van der Waals surface area contributed by atoms with Gasteiger partial charge in [-0.3, -0.25) is 14.8 Å². The Morgan fingerprint density at radius 1 is 1.06 bits per heavy atom. The van der Waals surface area contributed by atoms with Gasteiger partial charge in [-0.1, -0.05) is 25.1 Å². The van der Waals surface area contributed by atoms with Crippen LogP contribution in [0.2, 0.25) is 0 Å². The Morgan fingerprint density at radius 3 is 2.59 bits per heavy atom. The molecule has 0 aliphatic carbocycles. The first-order chi connectivity index (χ1) is 16.6. The summed E-state index contributed by atoms with van der Waals surface area (Å²) >= 11 is 0. The Labute approximate surface area is 200 Å². The third-order valence-corrected chi connectivity index (χ3v) is 6.74. The quantitative estimate of drug-likeness (QED) is 0.637. The molecule has 2 aliphatic rings. The van der Waals surface area contributed by atoms with Crippen LogP contribution in [-0.2, 0) is 0 Å². The van der Waals surface area contributed by atoms with E-state index in [1.807, 2.05) is 72.8 Å². The van der Waals surface area contributed by atoms with Crippen LogP contribution in [-0.4, -0.2) is 64.6 Å². The van der Waals surface area contributed by atoms with E-state index in [9.17, 15) is 4.79 Å². The number of hydrogen-bond donors (Lipinski definition) is 1. The minimum atomic E-state index is -0.00121. The van der Waals surface area contributed by atoms with E-state index >= 15 is 0 Å². The minimum Gasteiger partial charge on any atom is -0.336 e. The summed E-state index contributed by atoms with van der Waals surface area (Å²) in [4.78, 5) is 26.5. The van der Waals surface area contributed by atoms with Crippen molar-refractivity contribution in [3.63, 3.8) is 0 Å². The fraction of sp³-hybridized carbons (Fsp3) is 0.333. The first-order valence-corrected chi connectivity index (χ1v) is 11.9. The highest BCUT2D eigenvalue weighted by Crippen LogP contribution is 2.33. The van der Waals surface area contributed by atoms with Crippen molar-refractivity contribution < 1.29 is 4.79 Å². The molecule has 174 valence electrons. The Hall–Kier alpha value is -3.58. The molecule has 1 aromatic carbocycles. The number of likely N-dealkylation sites (N-methyl/N-ethyl adjacent to an activating group) is 1. The second-order valence-corrected chi connectivity index (χ2v) is 8.89. The van der Waals surface area contributed by atoms with Crippen molar-refractivity contribution in [2.24, 2.45) is 5.10 Å². The van der Waals surface area contributed by atoms with Crippen LogP contribution in [0.15, 0.2) is 65.9 Å². The van der Waals surface area contributed by atoms with E-state index in [0.717, 1.165) is 66.5 Å². The van der Waals surface area contributed by atoms with E-state index in [0.29, 0.717) is 0 Å². The van der Waals surface area contributed by atoms with Gasteiger partial charge in [0.05, 0.1) is 23.3 Å². The number of aromatic nitrogens is 2. The molecule has 2 aromatic heterocycles. The molecule has 2 aliphatic heterocycles. The summed E-state index contributed by atoms with van der Waals surface area (Å²) in [6.07, 6.45) is 3.75. The number of aryl methyl sites for hydroxylation is 1. The van der Waals surface area contributed by atoms with Crippen molar-refractivity contribution in [1.29, 1.82) is 0 Å². The van der Waals surface area contributed by atoms with Crippen LogP contribution in [0.1, 0.15) is 46.2 Å². The largest absolute Gasteiger partial charge is 0.336 e. The molecule has 7 nitrogen and oxygen atoms in total. The van der Waals surface area contributed by atoms with Crippen LogP contribution in [0.5, 0.6) is 0 Å². The number of nitrogens with zero attached hydrogens (tertiary/aromatic N) is 5. The molecule has 1 fully saturated rings. The maximum absolute atomic E-state index is 12.9. The van der Waals surface area contributed by atoms with E-state index in [4.69, 9.17) is 4.98 Å². The second kappa shape index (κ2) is 9.73. The van der Waals surface area contributed by atoms with Gasteiger partial charge in [-0.2, -0.15) is 5.10 Å². The summed E-state index contributed by atoms with van der Waals surface area (Å²) in [5, 5.41) is 4.34. The van der Waals surface area contributed by atoms with Crippen molar-refractivity contribution >= 4 is 12.1 Å². The maximum Gasteiger partial charge on any atom is 0.253 e. The lowest BCUT2D eigenvalue weighted by Crippen LogP contribution is -2.48. The smallest absolute Gasteiger partial charge is 0.253 e. The molecule has 34 heavy (non-hydrogen) atoms. The molecule has 4 heterocycles. The molecular formula is C27H30N6O. The van der Waals surface area contributed by atoms with Gasteiger partial charge in [-0.15, -0.1) is 0 Å². The SMILES string of the molecule is CCN1CCN(C(=O)c2ccc(-c3cc(C4NN=CC4c4cccc(C)n4)ccn3)cc2)CC1. The van der Waals surface area contributed by atoms with Crippen LogP contribution in [0.4, 0.5) is 0 Å². The molecule has 0 radical (unpaired) electrons. The number of piperazine rings is 1. The molecule has 0 spiro atoms. The van der Waals surface area contributed by atoms with E-state index < -0.39 is 0 Å². The number of carbonyl (C=O) groups is 1. The number of benzene rings is 1. The monoisotopic (exact) mass is 454 g/mol. The first kappa shape index (κ1) is 22.2. The summed E-state index contributed by atoms with van der Waals surface area (Å²) in [5.41, 5.74) is 8.91. The van der Waals surface area contributed by atoms with Crippen LogP contribution < -0.4 is 5.43 Å². The van der Waals surface area contributed by atoms with E-state index in [1.165, 1.54) is 0 Å². The summed E-state index contributed by atoms with van der Waals surface area (Å²) in [6.45, 7) is 8.64. The Bertz CT molecular complexity index is 1180. The van der Waals surface area contributed by atoms with Crippen molar-refractivity contribution in [3.05, 3.63) is 83.3 Å². The molecule has 7 heteroatoms. The Morgan fingerprint density at radius 2 is 1.85 bits per heavy atom. The lowest BCUT2D eigenvalue weighted by atomic mass is 9.91. The van der Waals surface area contributed by atoms with E-state index in [2.05, 4.69) is 33.4 Å². The number of carbonyl (C=O) groups excluding carboxylic acids is 1. The van der Waals surface area contributed by atoms with Gasteiger partial charge in [0.15, 0.2) is 0 Å². The Balaban J connectivity index is 1.32. The maximum atomic E-state index is 12.9. The average molecular weight is 455 g/mol. The number of pyridine rings is 2. The number of amides is 1. The van der Waals surface area contributed by atoms with Crippen LogP contribution in [0.25, 0.3) is 11.3 Å². The van der Waals surface area contributed by atoms with Gasteiger partial charge in [0.2, 0.25) is 0 Å². The van der Waals surface area contributed by atoms with Crippen LogP contribution in [0, 0.1) is 6.92 Å². The highest BCUT2D eigenvalue weighted by molar-refractivity contribution is 5.94. The molecule has 1 amide bonds. The summed E-state index contributed by atoms with van der Waals surface area (Å²) in [6, 6.07) is 18.0. The van der Waals surface area contributed by atoms with Crippen molar-refractivity contribution in [3.8, 4) is 11.3 Å². The number of hydrogen-bond acceptors (Lipinski definition) is 6. The fourth-order valence-electron chi connectivity index (χ4n) is 4.68. The van der Waals surface area contributed by atoms with Gasteiger partial charge in [0.1, 0.15) is 0 Å². The summed E-state index contributed by atoms with van der Waals surface area (Å²) < 4.78 is 0. The predicted molar refractivity (Wildman–Crippen MR) is 134 cm³/mol. The highest BCUT2D eigenvalue weighted by Gasteiger charge is 2.29. The second-order valence-electron chi connectivity index (χ2n) is 8.89. The summed E-state index contributed by atoms with van der Waals surface area (Å²) in [7, 11) is 0. The lowest BCUT2D eigenvalue weighted by molar-refractivity contribution is 0.0643. The molecule has 1 N–H and O–H groups in total. The van der Waals surface area contributed by atoms with Crippen LogP contribution >= 0.6 is 0 Å². The number of nitrogens with one attached hydrogen (secondary N) is 1. The standard InChI is InChI=1S/C27H30N6O/c1-3-32-13-15-33(16-14-32)27(34)21-9-7-20(8-10-21)25-17-22(11-12-28-25)26-23(18-29-31-26)24-6-4-5-19(2)30-24/h4-12,17-18,23,26,31H,3,13-16H2,1-2H3. The normalized spacial score (nSPS) is 20.4. The van der Waals surface area contributed by atoms with Gasteiger partial charge in [0, 0.05) is 55.4 Å².